The summed E-state index contributed by atoms with van der Waals surface area (Å²) < 4.78 is 1.69. The van der Waals surface area contributed by atoms with Gasteiger partial charge in [0.25, 0.3) is 0 Å². The summed E-state index contributed by atoms with van der Waals surface area (Å²) in [6.45, 7) is 0. The minimum absolute atomic E-state index is 0.0229. The fourth-order valence-corrected chi connectivity index (χ4v) is 2.00. The Morgan fingerprint density at radius 3 is 3.07 bits per heavy atom. The molecule has 0 aromatic carbocycles. The second-order valence-corrected chi connectivity index (χ2v) is 4.04. The molecule has 15 heavy (non-hydrogen) atoms. The molecule has 0 fully saturated rings. The number of rotatable bonds is 3. The topological polar surface area (TPSA) is 68.0 Å². The van der Waals surface area contributed by atoms with Crippen molar-refractivity contribution in [2.24, 2.45) is 7.05 Å². The monoisotopic (exact) mass is 223 g/mol. The molecular weight excluding hydrogens is 214 g/mol. The van der Waals surface area contributed by atoms with E-state index in [1.165, 1.54) is 11.3 Å². The lowest BCUT2D eigenvalue weighted by Crippen LogP contribution is -1.98. The summed E-state index contributed by atoms with van der Waals surface area (Å²) in [5.41, 5.74) is 1.69. The number of aromatic nitrogens is 3. The molecule has 0 amide bonds. The standard InChI is InChI=1S/C9H9N3O2S/c1-12-4-6(3-10-12)7-5-15-8(11-7)2-9(13)14/h3-5H,2H2,1H3,(H,13,14). The summed E-state index contributed by atoms with van der Waals surface area (Å²) in [5, 5.41) is 15.1. The highest BCUT2D eigenvalue weighted by molar-refractivity contribution is 7.10. The predicted molar refractivity (Wildman–Crippen MR) is 55.7 cm³/mol. The lowest BCUT2D eigenvalue weighted by molar-refractivity contribution is -0.136. The molecule has 0 atom stereocenters. The van der Waals surface area contributed by atoms with E-state index in [1.54, 1.807) is 10.9 Å². The molecule has 0 saturated carbocycles. The maximum absolute atomic E-state index is 10.5. The van der Waals surface area contributed by atoms with Crippen LogP contribution < -0.4 is 0 Å². The van der Waals surface area contributed by atoms with Crippen LogP contribution in [-0.2, 0) is 18.3 Å². The van der Waals surface area contributed by atoms with Gasteiger partial charge in [-0.25, -0.2) is 4.98 Å². The minimum atomic E-state index is -0.859. The molecule has 1 N–H and O–H groups in total. The maximum Gasteiger partial charge on any atom is 0.310 e. The first-order valence-electron chi connectivity index (χ1n) is 4.30. The van der Waals surface area contributed by atoms with E-state index in [0.29, 0.717) is 5.01 Å². The fraction of sp³-hybridized carbons (Fsp3) is 0.222. The Hall–Kier alpha value is -1.69. The van der Waals surface area contributed by atoms with E-state index in [4.69, 9.17) is 5.11 Å². The molecule has 0 unspecified atom stereocenters. The molecule has 0 spiro atoms. The van der Waals surface area contributed by atoms with Gasteiger partial charge >= 0.3 is 5.97 Å². The zero-order valence-electron chi connectivity index (χ0n) is 8.04. The van der Waals surface area contributed by atoms with Gasteiger partial charge in [0.1, 0.15) is 5.01 Å². The number of hydrogen-bond acceptors (Lipinski definition) is 4. The summed E-state index contributed by atoms with van der Waals surface area (Å²) in [7, 11) is 1.83. The molecule has 0 bridgehead atoms. The lowest BCUT2D eigenvalue weighted by atomic mass is 10.3. The molecule has 0 aliphatic heterocycles. The van der Waals surface area contributed by atoms with Crippen molar-refractivity contribution in [2.75, 3.05) is 0 Å². The van der Waals surface area contributed by atoms with Crippen LogP contribution in [0, 0.1) is 0 Å². The Balaban J connectivity index is 2.23. The van der Waals surface area contributed by atoms with Gasteiger partial charge in [0.15, 0.2) is 0 Å². The molecule has 0 saturated heterocycles. The van der Waals surface area contributed by atoms with Gasteiger partial charge in [-0.1, -0.05) is 0 Å². The molecule has 78 valence electrons. The zero-order chi connectivity index (χ0) is 10.8. The zero-order valence-corrected chi connectivity index (χ0v) is 8.86. The van der Waals surface area contributed by atoms with Crippen LogP contribution in [0.25, 0.3) is 11.3 Å². The Kier molecular flexibility index (Phi) is 2.51. The van der Waals surface area contributed by atoms with E-state index < -0.39 is 5.97 Å². The number of aryl methyl sites for hydroxylation is 1. The lowest BCUT2D eigenvalue weighted by Gasteiger charge is -1.88. The molecule has 0 aliphatic carbocycles. The second kappa shape index (κ2) is 3.82. The van der Waals surface area contributed by atoms with E-state index in [-0.39, 0.29) is 6.42 Å². The first-order valence-corrected chi connectivity index (χ1v) is 5.18. The van der Waals surface area contributed by atoms with Gasteiger partial charge in [0.05, 0.1) is 18.3 Å². The second-order valence-electron chi connectivity index (χ2n) is 3.10. The third kappa shape index (κ3) is 2.21. The van der Waals surface area contributed by atoms with Gasteiger partial charge in [-0.05, 0) is 0 Å². The Morgan fingerprint density at radius 2 is 2.47 bits per heavy atom. The van der Waals surface area contributed by atoms with Crippen LogP contribution in [0.3, 0.4) is 0 Å². The van der Waals surface area contributed by atoms with Gasteiger partial charge in [-0.2, -0.15) is 5.10 Å². The summed E-state index contributed by atoms with van der Waals surface area (Å²) in [4.78, 5) is 14.7. The van der Waals surface area contributed by atoms with Crippen molar-refractivity contribution in [3.63, 3.8) is 0 Å². The van der Waals surface area contributed by atoms with Crippen molar-refractivity contribution in [1.82, 2.24) is 14.8 Å². The summed E-state index contributed by atoms with van der Waals surface area (Å²) >= 11 is 1.35. The molecule has 5 nitrogen and oxygen atoms in total. The van der Waals surface area contributed by atoms with Gasteiger partial charge in [-0.15, -0.1) is 11.3 Å². The summed E-state index contributed by atoms with van der Waals surface area (Å²) in [6, 6.07) is 0. The average molecular weight is 223 g/mol. The number of aliphatic carboxylic acids is 1. The fourth-order valence-electron chi connectivity index (χ4n) is 1.21. The van der Waals surface area contributed by atoms with Crippen LogP contribution in [-0.4, -0.2) is 25.8 Å². The van der Waals surface area contributed by atoms with Crippen LogP contribution in [0.2, 0.25) is 0 Å². The van der Waals surface area contributed by atoms with Crippen molar-refractivity contribution in [1.29, 1.82) is 0 Å². The van der Waals surface area contributed by atoms with Gasteiger partial charge in [0.2, 0.25) is 0 Å². The van der Waals surface area contributed by atoms with Crippen molar-refractivity contribution < 1.29 is 9.90 Å². The van der Waals surface area contributed by atoms with Crippen molar-refractivity contribution in [3.8, 4) is 11.3 Å². The van der Waals surface area contributed by atoms with E-state index in [2.05, 4.69) is 10.1 Å². The molecule has 2 aromatic heterocycles. The van der Waals surface area contributed by atoms with Crippen molar-refractivity contribution in [3.05, 3.63) is 22.8 Å². The van der Waals surface area contributed by atoms with Gasteiger partial charge < -0.3 is 5.11 Å². The Labute approximate surface area is 90.0 Å². The van der Waals surface area contributed by atoms with E-state index in [1.807, 2.05) is 18.6 Å². The maximum atomic E-state index is 10.5. The molecule has 2 heterocycles. The first kappa shape index (κ1) is 9.85. The molecule has 0 aliphatic rings. The summed E-state index contributed by atoms with van der Waals surface area (Å²) in [6.07, 6.45) is 3.53. The van der Waals surface area contributed by atoms with Gasteiger partial charge in [0, 0.05) is 24.2 Å². The van der Waals surface area contributed by atoms with E-state index in [9.17, 15) is 4.79 Å². The van der Waals surface area contributed by atoms with Crippen LogP contribution in [0.1, 0.15) is 5.01 Å². The normalized spacial score (nSPS) is 10.5. The Morgan fingerprint density at radius 1 is 1.67 bits per heavy atom. The largest absolute Gasteiger partial charge is 0.481 e. The van der Waals surface area contributed by atoms with Crippen molar-refractivity contribution in [2.45, 2.75) is 6.42 Å². The van der Waals surface area contributed by atoms with Gasteiger partial charge in [-0.3, -0.25) is 9.48 Å². The molecule has 6 heteroatoms. The Bertz CT molecular complexity index is 489. The van der Waals surface area contributed by atoms with Crippen LogP contribution in [0.5, 0.6) is 0 Å². The smallest absolute Gasteiger partial charge is 0.310 e. The SMILES string of the molecule is Cn1cc(-c2csc(CC(=O)O)n2)cn1. The van der Waals surface area contributed by atoms with Crippen LogP contribution in [0.4, 0.5) is 0 Å². The molecular formula is C9H9N3O2S. The van der Waals surface area contributed by atoms with Crippen LogP contribution >= 0.6 is 11.3 Å². The number of carbonyl (C=O) groups is 1. The van der Waals surface area contributed by atoms with E-state index >= 15 is 0 Å². The van der Waals surface area contributed by atoms with Crippen molar-refractivity contribution >= 4 is 17.3 Å². The number of thiazole rings is 1. The quantitative estimate of drug-likeness (QED) is 0.848. The highest BCUT2D eigenvalue weighted by Crippen LogP contribution is 2.21. The minimum Gasteiger partial charge on any atom is -0.481 e. The van der Waals surface area contributed by atoms with E-state index in [0.717, 1.165) is 11.3 Å². The molecule has 2 aromatic rings. The number of nitrogens with zero attached hydrogens (tertiary/aromatic N) is 3. The third-order valence-electron chi connectivity index (χ3n) is 1.85. The highest BCUT2D eigenvalue weighted by Gasteiger charge is 2.08. The molecule has 2 rings (SSSR count). The first-order chi connectivity index (χ1) is 7.15. The number of hydrogen-bond donors (Lipinski definition) is 1. The molecule has 0 radical (unpaired) electrons. The third-order valence-corrected chi connectivity index (χ3v) is 2.70. The van der Waals surface area contributed by atoms with Crippen LogP contribution in [0.15, 0.2) is 17.8 Å². The predicted octanol–water partition coefficient (Wildman–Crippen LogP) is 1.17. The number of carboxylic acid groups (broad SMARTS) is 1. The number of carboxylic acids is 1. The summed E-state index contributed by atoms with van der Waals surface area (Å²) in [5.74, 6) is -0.859. The highest BCUT2D eigenvalue weighted by atomic mass is 32.1. The average Bonchev–Trinajstić information content (AvgIpc) is 2.72.